The summed E-state index contributed by atoms with van der Waals surface area (Å²) in [5.74, 6) is 1.52. The molecule has 0 unspecified atom stereocenters. The number of amides is 1. The number of hydrogen-bond donors (Lipinski definition) is 0. The van der Waals surface area contributed by atoms with Gasteiger partial charge < -0.3 is 4.90 Å². The molecular weight excluding hydrogens is 310 g/mol. The summed E-state index contributed by atoms with van der Waals surface area (Å²) in [5.41, 5.74) is -0.114. The zero-order valence-corrected chi connectivity index (χ0v) is 13.9. The number of aromatic nitrogens is 2. The third-order valence-corrected chi connectivity index (χ3v) is 6.22. The van der Waals surface area contributed by atoms with E-state index >= 15 is 0 Å². The quantitative estimate of drug-likeness (QED) is 0.849. The predicted octanol–water partition coefficient (Wildman–Crippen LogP) is 2.50. The van der Waals surface area contributed by atoms with Crippen LogP contribution in [0.3, 0.4) is 0 Å². The summed E-state index contributed by atoms with van der Waals surface area (Å²) in [5, 5.41) is 2.47. The summed E-state index contributed by atoms with van der Waals surface area (Å²) in [6.07, 6.45) is 7.83. The summed E-state index contributed by atoms with van der Waals surface area (Å²) < 4.78 is 1.45. The SMILES string of the molecule is O=C(Cn1cnc2sccc2c1=O)N1CC[C@@H]2CCCC[C@@H]2C1. The van der Waals surface area contributed by atoms with Crippen LogP contribution >= 0.6 is 11.3 Å². The summed E-state index contributed by atoms with van der Waals surface area (Å²) >= 11 is 1.45. The van der Waals surface area contributed by atoms with E-state index in [0.717, 1.165) is 30.3 Å². The van der Waals surface area contributed by atoms with E-state index in [0.29, 0.717) is 11.3 Å². The van der Waals surface area contributed by atoms with E-state index in [1.807, 2.05) is 10.3 Å². The van der Waals surface area contributed by atoms with Gasteiger partial charge >= 0.3 is 0 Å². The lowest BCUT2D eigenvalue weighted by molar-refractivity contribution is -0.135. The molecule has 1 aliphatic heterocycles. The van der Waals surface area contributed by atoms with E-state index in [4.69, 9.17) is 0 Å². The second-order valence-corrected chi connectivity index (χ2v) is 7.64. The van der Waals surface area contributed by atoms with Gasteiger partial charge in [0.2, 0.25) is 5.91 Å². The van der Waals surface area contributed by atoms with Gasteiger partial charge in [0.25, 0.3) is 5.56 Å². The van der Waals surface area contributed by atoms with Gasteiger partial charge in [0.15, 0.2) is 0 Å². The number of nitrogens with zero attached hydrogens (tertiary/aromatic N) is 3. The molecule has 122 valence electrons. The molecule has 1 aliphatic carbocycles. The Balaban J connectivity index is 1.48. The molecule has 2 aromatic heterocycles. The molecule has 0 aromatic carbocycles. The van der Waals surface area contributed by atoms with Crippen LogP contribution in [0.25, 0.3) is 10.2 Å². The second kappa shape index (κ2) is 6.07. The van der Waals surface area contributed by atoms with E-state index in [2.05, 4.69) is 4.98 Å². The first-order valence-electron chi connectivity index (χ1n) is 8.43. The molecule has 4 rings (SSSR count). The van der Waals surface area contributed by atoms with Gasteiger partial charge in [-0.25, -0.2) is 4.98 Å². The average Bonchev–Trinajstić information content (AvgIpc) is 3.06. The summed E-state index contributed by atoms with van der Waals surface area (Å²) in [6.45, 7) is 1.81. The Kier molecular flexibility index (Phi) is 3.93. The van der Waals surface area contributed by atoms with Crippen LogP contribution in [0, 0.1) is 11.8 Å². The first-order chi connectivity index (χ1) is 11.2. The normalized spacial score (nSPS) is 24.6. The van der Waals surface area contributed by atoms with Crippen molar-refractivity contribution in [3.63, 3.8) is 0 Å². The van der Waals surface area contributed by atoms with Crippen LogP contribution in [0.2, 0.25) is 0 Å². The van der Waals surface area contributed by atoms with E-state index in [9.17, 15) is 9.59 Å². The van der Waals surface area contributed by atoms with Crippen LogP contribution in [0.1, 0.15) is 32.1 Å². The molecule has 1 saturated carbocycles. The Morgan fingerprint density at radius 1 is 1.26 bits per heavy atom. The molecule has 0 bridgehead atoms. The standard InChI is InChI=1S/C17H21N3O2S/c21-15(19-7-5-12-3-1-2-4-13(12)9-19)10-20-11-18-16-14(17(20)22)6-8-23-16/h6,8,11-13H,1-5,7,9-10H2/t12-,13+/m0/s1. The number of piperidine rings is 1. The lowest BCUT2D eigenvalue weighted by Crippen LogP contribution is -2.46. The topological polar surface area (TPSA) is 55.2 Å². The number of hydrogen-bond acceptors (Lipinski definition) is 4. The monoisotopic (exact) mass is 331 g/mol. The highest BCUT2D eigenvalue weighted by atomic mass is 32.1. The first-order valence-corrected chi connectivity index (χ1v) is 9.31. The van der Waals surface area contributed by atoms with Crippen molar-refractivity contribution in [1.82, 2.24) is 14.5 Å². The van der Waals surface area contributed by atoms with E-state index in [1.165, 1.54) is 47.9 Å². The summed E-state index contributed by atoms with van der Waals surface area (Å²) in [7, 11) is 0. The second-order valence-electron chi connectivity index (χ2n) is 6.75. The van der Waals surface area contributed by atoms with Gasteiger partial charge in [0, 0.05) is 13.1 Å². The fourth-order valence-corrected chi connectivity index (χ4v) is 4.80. The molecule has 2 fully saturated rings. The Hall–Kier alpha value is -1.69. The van der Waals surface area contributed by atoms with Gasteiger partial charge in [-0.3, -0.25) is 14.2 Å². The van der Waals surface area contributed by atoms with E-state index in [1.54, 1.807) is 6.07 Å². The van der Waals surface area contributed by atoms with Crippen LogP contribution in [-0.2, 0) is 11.3 Å². The van der Waals surface area contributed by atoms with Crippen molar-refractivity contribution in [1.29, 1.82) is 0 Å². The summed E-state index contributed by atoms with van der Waals surface area (Å²) in [6, 6.07) is 1.78. The molecule has 1 saturated heterocycles. The number of carbonyl (C=O) groups is 1. The zero-order chi connectivity index (χ0) is 15.8. The Labute approximate surface area is 138 Å². The number of likely N-dealkylation sites (tertiary alicyclic amines) is 1. The van der Waals surface area contributed by atoms with Crippen LogP contribution in [0.5, 0.6) is 0 Å². The zero-order valence-electron chi connectivity index (χ0n) is 13.1. The van der Waals surface area contributed by atoms with Gasteiger partial charge in [0.1, 0.15) is 11.4 Å². The lowest BCUT2D eigenvalue weighted by atomic mass is 9.75. The van der Waals surface area contributed by atoms with Crippen molar-refractivity contribution in [2.24, 2.45) is 11.8 Å². The van der Waals surface area contributed by atoms with Crippen LogP contribution in [-0.4, -0.2) is 33.4 Å². The van der Waals surface area contributed by atoms with Crippen LogP contribution in [0.15, 0.2) is 22.6 Å². The minimum atomic E-state index is -0.114. The highest BCUT2D eigenvalue weighted by Crippen LogP contribution is 2.36. The fourth-order valence-electron chi connectivity index (χ4n) is 4.08. The molecule has 1 amide bonds. The van der Waals surface area contributed by atoms with Gasteiger partial charge in [-0.15, -0.1) is 11.3 Å². The Morgan fingerprint density at radius 2 is 2.09 bits per heavy atom. The maximum absolute atomic E-state index is 12.6. The minimum Gasteiger partial charge on any atom is -0.341 e. The Bertz CT molecular complexity index is 781. The average molecular weight is 331 g/mol. The number of thiophene rings is 1. The van der Waals surface area contributed by atoms with E-state index < -0.39 is 0 Å². The van der Waals surface area contributed by atoms with E-state index in [-0.39, 0.29) is 18.0 Å². The predicted molar refractivity (Wildman–Crippen MR) is 90.5 cm³/mol. The molecule has 0 spiro atoms. The van der Waals surface area contributed by atoms with Gasteiger partial charge in [-0.05, 0) is 36.1 Å². The number of fused-ring (bicyclic) bond motifs is 2. The molecule has 3 heterocycles. The van der Waals surface area contributed by atoms with Crippen molar-refractivity contribution in [2.45, 2.75) is 38.6 Å². The Morgan fingerprint density at radius 3 is 2.96 bits per heavy atom. The van der Waals surface area contributed by atoms with Crippen LogP contribution < -0.4 is 5.56 Å². The number of rotatable bonds is 2. The largest absolute Gasteiger partial charge is 0.341 e. The van der Waals surface area contributed by atoms with Crippen molar-refractivity contribution < 1.29 is 4.79 Å². The third-order valence-electron chi connectivity index (χ3n) is 5.40. The lowest BCUT2D eigenvalue weighted by Gasteiger charge is -2.41. The maximum Gasteiger partial charge on any atom is 0.262 e. The smallest absolute Gasteiger partial charge is 0.262 e. The van der Waals surface area contributed by atoms with Gasteiger partial charge in [-0.1, -0.05) is 19.3 Å². The molecule has 2 atom stereocenters. The molecule has 23 heavy (non-hydrogen) atoms. The molecule has 2 aliphatic rings. The minimum absolute atomic E-state index is 0.0486. The van der Waals surface area contributed by atoms with Crippen molar-refractivity contribution in [2.75, 3.05) is 13.1 Å². The molecule has 2 aromatic rings. The maximum atomic E-state index is 12.6. The third kappa shape index (κ3) is 2.80. The van der Waals surface area contributed by atoms with Crippen molar-refractivity contribution in [3.05, 3.63) is 28.1 Å². The highest BCUT2D eigenvalue weighted by molar-refractivity contribution is 7.16. The van der Waals surface area contributed by atoms with Gasteiger partial charge in [-0.2, -0.15) is 0 Å². The molecule has 5 nitrogen and oxygen atoms in total. The number of carbonyl (C=O) groups excluding carboxylic acids is 1. The fraction of sp³-hybridized carbons (Fsp3) is 0.588. The highest BCUT2D eigenvalue weighted by Gasteiger charge is 2.32. The summed E-state index contributed by atoms with van der Waals surface area (Å²) in [4.78, 5) is 32.0. The van der Waals surface area contributed by atoms with Gasteiger partial charge in [0.05, 0.1) is 11.7 Å². The molecule has 6 heteroatoms. The molecule has 0 radical (unpaired) electrons. The molecular formula is C17H21N3O2S. The van der Waals surface area contributed by atoms with Crippen molar-refractivity contribution in [3.8, 4) is 0 Å². The van der Waals surface area contributed by atoms with Crippen LogP contribution in [0.4, 0.5) is 0 Å². The first kappa shape index (κ1) is 14.9. The van der Waals surface area contributed by atoms with Crippen molar-refractivity contribution >= 4 is 27.5 Å². The molecule has 0 N–H and O–H groups in total.